The van der Waals surface area contributed by atoms with Gasteiger partial charge in [0.25, 0.3) is 0 Å². The number of aliphatic hydroxyl groups excluding tert-OH is 2. The molecule has 3 aliphatic heterocycles. The van der Waals surface area contributed by atoms with Crippen molar-refractivity contribution < 1.29 is 54.4 Å². The molecule has 3 saturated heterocycles. The summed E-state index contributed by atoms with van der Waals surface area (Å²) in [6, 6.07) is -0.251. The summed E-state index contributed by atoms with van der Waals surface area (Å²) in [5.41, 5.74) is -7.49. The molecule has 278 valence electrons. The quantitative estimate of drug-likeness (QED) is 0.221. The zero-order valence-corrected chi connectivity index (χ0v) is 30.2. The second-order valence-electron chi connectivity index (χ2n) is 18.0. The number of piperidine rings is 2. The van der Waals surface area contributed by atoms with Crippen molar-refractivity contribution in [3.63, 3.8) is 0 Å². The van der Waals surface area contributed by atoms with E-state index in [1.54, 1.807) is 20.8 Å². The molecule has 3 heterocycles. The van der Waals surface area contributed by atoms with Crippen LogP contribution in [0.15, 0.2) is 0 Å². The number of carbonyl (C=O) groups is 2. The van der Waals surface area contributed by atoms with E-state index >= 15 is 0 Å². The molecule has 7 fully saturated rings. The van der Waals surface area contributed by atoms with Crippen LogP contribution in [-0.2, 0) is 23.8 Å². The predicted octanol–water partition coefficient (Wildman–Crippen LogP) is 1.49. The molecule has 0 aromatic carbocycles. The molecule has 12 nitrogen and oxygen atoms in total. The molecule has 49 heavy (non-hydrogen) atoms. The van der Waals surface area contributed by atoms with Gasteiger partial charge in [-0.2, -0.15) is 0 Å². The molecule has 0 aromatic heterocycles. The highest BCUT2D eigenvalue weighted by Gasteiger charge is 2.87. The number of hydrogen-bond acceptors (Lipinski definition) is 12. The smallest absolute Gasteiger partial charge is 0.338 e. The zero-order chi connectivity index (χ0) is 35.9. The SMILES string of the molecule is CC[C@@H](C)C(=O)O[C@H]1CC[C@@]2(C)[C@@H]3C[C@@H](O)[C@H]4[C@@]5(O)[C@@H](C[C@@]42O[C@]13O)[C@@H]1CN2C[C@@H](C)CC[C@H]2C(C)(O)[C@H]1[C@@H](O)[C@@H]5OC(=O)[C@@](C)(O)CC. The van der Waals surface area contributed by atoms with Crippen LogP contribution in [0.4, 0.5) is 0 Å². The average molecular weight is 694 g/mol. The van der Waals surface area contributed by atoms with Crippen LogP contribution in [0.5, 0.6) is 0 Å². The van der Waals surface area contributed by atoms with Gasteiger partial charge >= 0.3 is 11.9 Å². The Morgan fingerprint density at radius 2 is 1.76 bits per heavy atom. The van der Waals surface area contributed by atoms with Gasteiger partial charge in [0.2, 0.25) is 5.79 Å². The van der Waals surface area contributed by atoms with Gasteiger partial charge in [0.05, 0.1) is 29.3 Å². The van der Waals surface area contributed by atoms with Gasteiger partial charge in [-0.3, -0.25) is 9.69 Å². The van der Waals surface area contributed by atoms with E-state index in [-0.39, 0.29) is 31.2 Å². The molecule has 7 rings (SSSR count). The van der Waals surface area contributed by atoms with Crippen LogP contribution in [0.1, 0.15) is 99.8 Å². The molecular weight excluding hydrogens is 634 g/mol. The Bertz CT molecular complexity index is 1360. The van der Waals surface area contributed by atoms with Gasteiger partial charge in [-0.15, -0.1) is 0 Å². The summed E-state index contributed by atoms with van der Waals surface area (Å²) in [5.74, 6) is -7.09. The third-order valence-corrected chi connectivity index (χ3v) is 15.4. The summed E-state index contributed by atoms with van der Waals surface area (Å²) in [6.45, 7) is 13.8. The van der Waals surface area contributed by atoms with Gasteiger partial charge in [0.1, 0.15) is 5.60 Å². The molecular formula is C37H59NO11. The van der Waals surface area contributed by atoms with Crippen molar-refractivity contribution in [1.82, 2.24) is 4.90 Å². The summed E-state index contributed by atoms with van der Waals surface area (Å²) >= 11 is 0. The third-order valence-electron chi connectivity index (χ3n) is 15.4. The molecule has 4 saturated carbocycles. The highest BCUT2D eigenvalue weighted by Crippen LogP contribution is 2.77. The number of aliphatic hydroxyl groups is 6. The first-order valence-corrected chi connectivity index (χ1v) is 18.9. The molecule has 1 unspecified atom stereocenters. The van der Waals surface area contributed by atoms with Crippen molar-refractivity contribution in [2.24, 2.45) is 46.8 Å². The van der Waals surface area contributed by atoms with Crippen LogP contribution in [0.2, 0.25) is 0 Å². The fourth-order valence-electron chi connectivity index (χ4n) is 12.5. The van der Waals surface area contributed by atoms with Crippen molar-refractivity contribution in [1.29, 1.82) is 0 Å². The summed E-state index contributed by atoms with van der Waals surface area (Å²) in [4.78, 5) is 28.9. The van der Waals surface area contributed by atoms with Crippen molar-refractivity contribution >= 4 is 11.9 Å². The molecule has 18 atom stereocenters. The molecule has 0 radical (unpaired) electrons. The number of esters is 2. The standard InChI is InChI=1S/C37H59NO11/c1-8-19(4)30(41)47-25-12-13-32(5)23-14-22(39)28-35(32,49-37(23,25)46)15-21-20-17-38-16-18(3)10-11-24(38)34(7,44)26(20)27(40)29(36(21,28)45)48-31(42)33(6,43)9-2/h18-29,39-40,43-46H,8-17H2,1-7H3/t18-,19+,20-,21-,22+,23-,24-,25-,26+,27+,28+,29-,32-,33-,34?,35+,36-,37-/m0/s1. The molecule has 7 aliphatic rings. The van der Waals surface area contributed by atoms with E-state index < -0.39 is 99.6 Å². The van der Waals surface area contributed by atoms with Crippen LogP contribution >= 0.6 is 0 Å². The fourth-order valence-corrected chi connectivity index (χ4v) is 12.5. The molecule has 4 bridgehead atoms. The van der Waals surface area contributed by atoms with E-state index in [1.165, 1.54) is 6.92 Å². The van der Waals surface area contributed by atoms with Gasteiger partial charge in [-0.05, 0) is 83.0 Å². The van der Waals surface area contributed by atoms with Crippen molar-refractivity contribution in [2.45, 2.75) is 158 Å². The van der Waals surface area contributed by atoms with E-state index in [2.05, 4.69) is 11.8 Å². The molecule has 0 aromatic rings. The highest BCUT2D eigenvalue weighted by atomic mass is 16.7. The lowest BCUT2D eigenvalue weighted by atomic mass is 9.49. The van der Waals surface area contributed by atoms with Gasteiger partial charge in [0, 0.05) is 42.3 Å². The van der Waals surface area contributed by atoms with Crippen molar-refractivity contribution in [3.05, 3.63) is 0 Å². The predicted molar refractivity (Wildman–Crippen MR) is 174 cm³/mol. The van der Waals surface area contributed by atoms with Crippen LogP contribution in [-0.4, -0.2) is 119 Å². The lowest BCUT2D eigenvalue weighted by Crippen LogP contribution is -2.77. The van der Waals surface area contributed by atoms with Gasteiger partial charge in [-0.25, -0.2) is 4.79 Å². The minimum Gasteiger partial charge on any atom is -0.456 e. The lowest BCUT2D eigenvalue weighted by Gasteiger charge is -2.64. The van der Waals surface area contributed by atoms with Crippen LogP contribution in [0.3, 0.4) is 0 Å². The van der Waals surface area contributed by atoms with E-state index in [9.17, 15) is 40.2 Å². The number of nitrogens with zero attached hydrogens (tertiary/aromatic N) is 1. The first-order chi connectivity index (χ1) is 22.7. The Hall–Kier alpha value is -1.38. The summed E-state index contributed by atoms with van der Waals surface area (Å²) in [5, 5.41) is 73.7. The van der Waals surface area contributed by atoms with E-state index in [1.807, 2.05) is 13.8 Å². The van der Waals surface area contributed by atoms with Crippen LogP contribution in [0.25, 0.3) is 0 Å². The van der Waals surface area contributed by atoms with Crippen LogP contribution < -0.4 is 0 Å². The molecule has 1 spiro atoms. The molecule has 4 aliphatic carbocycles. The van der Waals surface area contributed by atoms with E-state index in [0.717, 1.165) is 19.4 Å². The largest absolute Gasteiger partial charge is 0.456 e. The Labute approximate surface area is 289 Å². The Kier molecular flexibility index (Phi) is 8.31. The topological polar surface area (TPSA) is 186 Å². The number of hydrogen-bond donors (Lipinski definition) is 6. The third kappa shape index (κ3) is 4.56. The second-order valence-corrected chi connectivity index (χ2v) is 18.0. The maximum absolute atomic E-state index is 13.6. The monoisotopic (exact) mass is 693 g/mol. The normalized spacial score (nSPS) is 54.8. The number of carbonyl (C=O) groups excluding carboxylic acids is 2. The van der Waals surface area contributed by atoms with E-state index in [0.29, 0.717) is 31.7 Å². The maximum Gasteiger partial charge on any atom is 0.338 e. The average Bonchev–Trinajstić information content (AvgIpc) is 3.31. The van der Waals surface area contributed by atoms with Crippen molar-refractivity contribution in [3.8, 4) is 0 Å². The summed E-state index contributed by atoms with van der Waals surface area (Å²) < 4.78 is 18.9. The summed E-state index contributed by atoms with van der Waals surface area (Å²) in [7, 11) is 0. The Morgan fingerprint density at radius 1 is 1.06 bits per heavy atom. The zero-order valence-electron chi connectivity index (χ0n) is 30.2. The van der Waals surface area contributed by atoms with Gasteiger partial charge in [-0.1, -0.05) is 34.6 Å². The van der Waals surface area contributed by atoms with E-state index in [4.69, 9.17) is 14.2 Å². The van der Waals surface area contributed by atoms with Gasteiger partial charge < -0.3 is 44.8 Å². The summed E-state index contributed by atoms with van der Waals surface area (Å²) in [6.07, 6.45) is -2.08. The Balaban J connectivity index is 1.36. The molecule has 0 amide bonds. The van der Waals surface area contributed by atoms with Crippen molar-refractivity contribution in [2.75, 3.05) is 13.1 Å². The number of ether oxygens (including phenoxy) is 3. The van der Waals surface area contributed by atoms with Crippen LogP contribution in [0, 0.1) is 46.8 Å². The minimum absolute atomic E-state index is 0.0259. The second kappa shape index (κ2) is 11.3. The minimum atomic E-state index is -2.05. The first kappa shape index (κ1) is 36.0. The lowest BCUT2D eigenvalue weighted by molar-refractivity contribution is -0.301. The molecule has 6 N–H and O–H groups in total. The van der Waals surface area contributed by atoms with Gasteiger partial charge in [0.15, 0.2) is 17.8 Å². The highest BCUT2D eigenvalue weighted by molar-refractivity contribution is 5.79. The number of rotatable bonds is 6. The molecule has 12 heteroatoms. The number of fused-ring (bicyclic) bond motifs is 5. The Morgan fingerprint density at radius 3 is 2.41 bits per heavy atom. The fraction of sp³-hybridized carbons (Fsp3) is 0.946. The first-order valence-electron chi connectivity index (χ1n) is 18.9. The maximum atomic E-state index is 13.6.